The van der Waals surface area contributed by atoms with E-state index in [0.29, 0.717) is 17.9 Å². The fourth-order valence-corrected chi connectivity index (χ4v) is 2.09. The van der Waals surface area contributed by atoms with Crippen LogP contribution in [0.3, 0.4) is 0 Å². The van der Waals surface area contributed by atoms with Crippen LogP contribution in [0.4, 0.5) is 0 Å². The zero-order valence-corrected chi connectivity index (χ0v) is 13.4. The van der Waals surface area contributed by atoms with Gasteiger partial charge in [-0.3, -0.25) is 9.59 Å². The highest BCUT2D eigenvalue weighted by atomic mass is 79.9. The van der Waals surface area contributed by atoms with Gasteiger partial charge in [0.2, 0.25) is 0 Å². The van der Waals surface area contributed by atoms with E-state index in [1.165, 1.54) is 19.1 Å². The number of benzene rings is 1. The molecule has 0 aliphatic heterocycles. The number of rotatable bonds is 6. The molecule has 110 valence electrons. The quantitative estimate of drug-likeness (QED) is 0.744. The minimum absolute atomic E-state index is 0.0671. The summed E-state index contributed by atoms with van der Waals surface area (Å²) in [6.45, 7) is 2.35. The summed E-state index contributed by atoms with van der Waals surface area (Å²) in [5.74, 6) is -0.222. The minimum Gasteiger partial charge on any atom is -0.496 e. The summed E-state index contributed by atoms with van der Waals surface area (Å²) in [7, 11) is 2.81. The van der Waals surface area contributed by atoms with Crippen molar-refractivity contribution in [1.82, 2.24) is 4.90 Å². The van der Waals surface area contributed by atoms with Crippen molar-refractivity contribution < 1.29 is 19.1 Å². The summed E-state index contributed by atoms with van der Waals surface area (Å²) in [4.78, 5) is 25.3. The SMILES string of the molecule is CCCN(CC(=O)OC)C(=O)c1ccc(Br)cc1OC. The lowest BCUT2D eigenvalue weighted by Gasteiger charge is -2.21. The third-order valence-corrected chi connectivity index (χ3v) is 3.22. The topological polar surface area (TPSA) is 55.8 Å². The van der Waals surface area contributed by atoms with Gasteiger partial charge in [-0.2, -0.15) is 0 Å². The summed E-state index contributed by atoms with van der Waals surface area (Å²) in [6.07, 6.45) is 0.752. The van der Waals surface area contributed by atoms with Crippen LogP contribution in [0.15, 0.2) is 22.7 Å². The molecule has 0 saturated carbocycles. The molecule has 6 heteroatoms. The highest BCUT2D eigenvalue weighted by Gasteiger charge is 2.21. The van der Waals surface area contributed by atoms with E-state index < -0.39 is 5.97 Å². The molecule has 0 radical (unpaired) electrons. The van der Waals surface area contributed by atoms with Crippen LogP contribution in [0.1, 0.15) is 23.7 Å². The molecule has 0 unspecified atom stereocenters. The third-order valence-electron chi connectivity index (χ3n) is 2.72. The number of carbonyl (C=O) groups excluding carboxylic acids is 2. The summed E-state index contributed by atoms with van der Waals surface area (Å²) in [6, 6.07) is 5.15. The average molecular weight is 344 g/mol. The van der Waals surface area contributed by atoms with Crippen molar-refractivity contribution in [2.75, 3.05) is 27.3 Å². The molecule has 0 saturated heterocycles. The van der Waals surface area contributed by atoms with E-state index in [2.05, 4.69) is 20.7 Å². The number of nitrogens with zero attached hydrogens (tertiary/aromatic N) is 1. The monoisotopic (exact) mass is 343 g/mol. The molecule has 1 rings (SSSR count). The van der Waals surface area contributed by atoms with E-state index in [4.69, 9.17) is 4.74 Å². The molecule has 20 heavy (non-hydrogen) atoms. The van der Waals surface area contributed by atoms with Crippen LogP contribution in [0, 0.1) is 0 Å². The largest absolute Gasteiger partial charge is 0.496 e. The maximum Gasteiger partial charge on any atom is 0.325 e. The fraction of sp³-hybridized carbons (Fsp3) is 0.429. The van der Waals surface area contributed by atoms with Gasteiger partial charge in [0.25, 0.3) is 5.91 Å². The minimum atomic E-state index is -0.442. The van der Waals surface area contributed by atoms with E-state index in [1.54, 1.807) is 18.2 Å². The Labute approximate surface area is 127 Å². The zero-order valence-electron chi connectivity index (χ0n) is 11.8. The van der Waals surface area contributed by atoms with Crippen molar-refractivity contribution in [1.29, 1.82) is 0 Å². The molecule has 0 heterocycles. The van der Waals surface area contributed by atoms with E-state index in [1.807, 2.05) is 6.92 Å². The van der Waals surface area contributed by atoms with Crippen molar-refractivity contribution in [3.8, 4) is 5.75 Å². The molecule has 1 amide bonds. The Morgan fingerprint density at radius 1 is 1.30 bits per heavy atom. The Balaban J connectivity index is 3.02. The molecule has 0 bridgehead atoms. The number of esters is 1. The van der Waals surface area contributed by atoms with Crippen LogP contribution in [0.25, 0.3) is 0 Å². The summed E-state index contributed by atoms with van der Waals surface area (Å²) < 4.78 is 10.7. The molecule has 0 fully saturated rings. The molecule has 0 spiro atoms. The van der Waals surface area contributed by atoms with Crippen LogP contribution in [-0.4, -0.2) is 44.1 Å². The van der Waals surface area contributed by atoms with Gasteiger partial charge in [-0.25, -0.2) is 0 Å². The molecule has 5 nitrogen and oxygen atoms in total. The van der Waals surface area contributed by atoms with E-state index >= 15 is 0 Å². The maximum atomic E-state index is 12.5. The van der Waals surface area contributed by atoms with Crippen LogP contribution >= 0.6 is 15.9 Å². The van der Waals surface area contributed by atoms with Gasteiger partial charge in [-0.1, -0.05) is 22.9 Å². The lowest BCUT2D eigenvalue weighted by atomic mass is 10.1. The number of hydrogen-bond donors (Lipinski definition) is 0. The zero-order chi connectivity index (χ0) is 15.1. The van der Waals surface area contributed by atoms with Gasteiger partial charge in [0.15, 0.2) is 0 Å². The summed E-state index contributed by atoms with van der Waals surface area (Å²) in [5.41, 5.74) is 0.424. The Morgan fingerprint density at radius 2 is 2.00 bits per heavy atom. The van der Waals surface area contributed by atoms with Crippen LogP contribution in [-0.2, 0) is 9.53 Å². The molecule has 0 aliphatic carbocycles. The van der Waals surface area contributed by atoms with Gasteiger partial charge in [-0.15, -0.1) is 0 Å². The first-order chi connectivity index (χ1) is 9.53. The van der Waals surface area contributed by atoms with E-state index in [0.717, 1.165) is 10.9 Å². The van der Waals surface area contributed by atoms with Crippen LogP contribution in [0.5, 0.6) is 5.75 Å². The molecule has 0 atom stereocenters. The smallest absolute Gasteiger partial charge is 0.325 e. The van der Waals surface area contributed by atoms with Gasteiger partial charge < -0.3 is 14.4 Å². The molecular formula is C14H18BrNO4. The second-order valence-corrected chi connectivity index (χ2v) is 5.06. The lowest BCUT2D eigenvalue weighted by Crippen LogP contribution is -2.37. The van der Waals surface area contributed by atoms with Crippen molar-refractivity contribution in [2.45, 2.75) is 13.3 Å². The normalized spacial score (nSPS) is 10.0. The van der Waals surface area contributed by atoms with Gasteiger partial charge in [0.05, 0.1) is 19.8 Å². The lowest BCUT2D eigenvalue weighted by molar-refractivity contribution is -0.141. The average Bonchev–Trinajstić information content (AvgIpc) is 2.45. The van der Waals surface area contributed by atoms with Crippen molar-refractivity contribution in [2.24, 2.45) is 0 Å². The predicted octanol–water partition coefficient (Wildman–Crippen LogP) is 2.48. The van der Waals surface area contributed by atoms with Crippen molar-refractivity contribution >= 4 is 27.8 Å². The van der Waals surface area contributed by atoms with Gasteiger partial charge >= 0.3 is 5.97 Å². The number of ether oxygens (including phenoxy) is 2. The number of amides is 1. The molecule has 0 aliphatic rings. The third kappa shape index (κ3) is 4.23. The molecule has 0 N–H and O–H groups in total. The van der Waals surface area contributed by atoms with E-state index in [-0.39, 0.29) is 12.5 Å². The molecule has 1 aromatic carbocycles. The van der Waals surface area contributed by atoms with Crippen LogP contribution < -0.4 is 4.74 Å². The van der Waals surface area contributed by atoms with Gasteiger partial charge in [0, 0.05) is 11.0 Å². The standard InChI is InChI=1S/C14H18BrNO4/c1-4-7-16(9-13(17)20-3)14(18)11-6-5-10(15)8-12(11)19-2/h5-6,8H,4,7,9H2,1-3H3. The summed E-state index contributed by atoms with van der Waals surface area (Å²) >= 11 is 3.33. The number of hydrogen-bond acceptors (Lipinski definition) is 4. The van der Waals surface area contributed by atoms with E-state index in [9.17, 15) is 9.59 Å². The first kappa shape index (κ1) is 16.5. The molecule has 0 aromatic heterocycles. The van der Waals surface area contributed by atoms with Gasteiger partial charge in [-0.05, 0) is 24.6 Å². The highest BCUT2D eigenvalue weighted by Crippen LogP contribution is 2.24. The Bertz CT molecular complexity index is 490. The Morgan fingerprint density at radius 3 is 2.55 bits per heavy atom. The van der Waals surface area contributed by atoms with Crippen LogP contribution in [0.2, 0.25) is 0 Å². The fourth-order valence-electron chi connectivity index (χ4n) is 1.75. The van der Waals surface area contributed by atoms with Crippen molar-refractivity contribution in [3.05, 3.63) is 28.2 Å². The van der Waals surface area contributed by atoms with Crippen molar-refractivity contribution in [3.63, 3.8) is 0 Å². The maximum absolute atomic E-state index is 12.5. The second-order valence-electron chi connectivity index (χ2n) is 4.15. The predicted molar refractivity (Wildman–Crippen MR) is 78.9 cm³/mol. The first-order valence-corrected chi connectivity index (χ1v) is 7.02. The first-order valence-electron chi connectivity index (χ1n) is 6.23. The summed E-state index contributed by atoms with van der Waals surface area (Å²) in [5, 5.41) is 0. The van der Waals surface area contributed by atoms with Gasteiger partial charge in [0.1, 0.15) is 12.3 Å². The second kappa shape index (κ2) is 7.89. The molecular weight excluding hydrogens is 326 g/mol. The molecule has 1 aromatic rings. The highest BCUT2D eigenvalue weighted by molar-refractivity contribution is 9.10. The number of methoxy groups -OCH3 is 2. The Hall–Kier alpha value is -1.56. The number of halogens is 1. The Kier molecular flexibility index (Phi) is 6.51. The number of carbonyl (C=O) groups is 2.